The fourth-order valence-corrected chi connectivity index (χ4v) is 13.1. The summed E-state index contributed by atoms with van der Waals surface area (Å²) in [6.07, 6.45) is 38.6. The van der Waals surface area contributed by atoms with Crippen LogP contribution in [0.1, 0.15) is 213 Å². The second-order valence-electron chi connectivity index (χ2n) is 27.9. The van der Waals surface area contributed by atoms with Crippen molar-refractivity contribution in [1.29, 1.82) is 0 Å². The van der Waals surface area contributed by atoms with Crippen LogP contribution in [0, 0.1) is 0 Å². The van der Waals surface area contributed by atoms with E-state index in [0.29, 0.717) is 234 Å². The number of rotatable bonds is 94. The van der Waals surface area contributed by atoms with E-state index >= 15 is 0 Å². The summed E-state index contributed by atoms with van der Waals surface area (Å²) < 4.78 is 128. The van der Waals surface area contributed by atoms with E-state index in [0.717, 1.165) is 103 Å². The minimum atomic E-state index is -3.27. The van der Waals surface area contributed by atoms with Crippen LogP contribution in [-0.4, -0.2) is 299 Å². The predicted molar refractivity (Wildman–Crippen MR) is 454 cm³/mol. The van der Waals surface area contributed by atoms with E-state index in [1.165, 1.54) is 64.2 Å². The molecule has 2 aromatic carbocycles. The summed E-state index contributed by atoms with van der Waals surface area (Å²) in [6.45, 7) is 13.2. The normalized spacial score (nSPS) is 11.5. The van der Waals surface area contributed by atoms with Crippen LogP contribution < -0.4 is 8.55 Å². The summed E-state index contributed by atoms with van der Waals surface area (Å²) in [5, 5.41) is 17.3. The molecule has 2 aromatic rings. The molecule has 0 saturated carbocycles. The first-order valence-electron chi connectivity index (χ1n) is 43.9. The first-order chi connectivity index (χ1) is 59.0. The van der Waals surface area contributed by atoms with E-state index in [4.69, 9.17) is 105 Å². The molecule has 32 heteroatoms. The van der Waals surface area contributed by atoms with Gasteiger partial charge in [-0.1, -0.05) is 114 Å². The van der Waals surface area contributed by atoms with E-state index in [1.54, 1.807) is 48.5 Å². The monoisotopic (exact) mass is 1770 g/mol. The van der Waals surface area contributed by atoms with Gasteiger partial charge in [0.25, 0.3) is 0 Å². The average Bonchev–Trinajstić information content (AvgIpc) is 0.869. The topological polar surface area (TPSA) is 369 Å². The van der Waals surface area contributed by atoms with Gasteiger partial charge in [0.2, 0.25) is 0 Å². The molecule has 0 unspecified atom stereocenters. The Bertz CT molecular complexity index is 2590. The number of hydrogen-bond acceptors (Lipinski definition) is 27. The van der Waals surface area contributed by atoms with E-state index in [2.05, 4.69) is 32.9 Å². The van der Waals surface area contributed by atoms with Crippen molar-refractivity contribution in [3.8, 4) is 0 Å². The van der Waals surface area contributed by atoms with E-state index in [9.17, 15) is 32.5 Å². The van der Waals surface area contributed by atoms with Crippen LogP contribution in [-0.2, 0) is 118 Å². The molecule has 688 valence electrons. The molecule has 0 fully saturated rings. The second-order valence-corrected chi connectivity index (χ2v) is 30.3. The van der Waals surface area contributed by atoms with Crippen LogP contribution >= 0.6 is 0 Å². The molecule has 0 spiro atoms. The third-order valence-electron chi connectivity index (χ3n) is 17.7. The maximum absolute atomic E-state index is 12.9. The number of carbonyl (C=O) groups excluding carboxylic acids is 4. The number of ether oxygens (including phenoxy) is 20. The standard InChI is InChI=1S/C88H148GeN2O29/c92-83(93)31-27-23-19-15-11-7-3-1-5-9-13-17-21-25-29-33-85(96)117-75-71-113-67-63-109-59-55-105-51-47-101-43-45-103-49-53-107-57-61-111-65-69-115-73-77-119-87(98)79-35-39-81(40-36-79)90-89(100)91-82-41-37-80(38-42-82)88(99)120-78-74-116-70-66-112-62-58-108-54-50-104-46-44-102-48-52-106-56-60-110-64-68-114-72-76-118-86(97)34-30-26-22-18-14-10-6-2-4-8-12-16-20-24-28-32-84(94)95/h1-4,35-42,90-91H,5-34,43-78H2,(H,92,93)(H,94,95)/b3-1-,4-2-. The Morgan fingerprint density at radius 2 is 0.408 bits per heavy atom. The van der Waals surface area contributed by atoms with Gasteiger partial charge in [-0.3, -0.25) is 19.2 Å². The third kappa shape index (κ3) is 79.2. The number of nitrogens with one attached hydrogen (secondary N) is 2. The van der Waals surface area contributed by atoms with Gasteiger partial charge < -0.3 is 86.0 Å². The number of esters is 4. The van der Waals surface area contributed by atoms with Crippen molar-refractivity contribution < 1.29 is 137 Å². The Hall–Kier alpha value is -5.96. The van der Waals surface area contributed by atoms with Gasteiger partial charge in [-0.15, -0.1) is 0 Å². The fraction of sp³-hybridized carbons (Fsp3) is 0.750. The van der Waals surface area contributed by atoms with Crippen molar-refractivity contribution in [1.82, 2.24) is 0 Å². The maximum atomic E-state index is 12.9. The molecule has 0 aliphatic heterocycles. The predicted octanol–water partition coefficient (Wildman–Crippen LogP) is 13.3. The van der Waals surface area contributed by atoms with Crippen LogP contribution in [0.25, 0.3) is 0 Å². The number of hydrogen-bond donors (Lipinski definition) is 4. The zero-order valence-electron chi connectivity index (χ0n) is 72.0. The number of aliphatic carboxylic acids is 2. The molecule has 0 aromatic heterocycles. The Labute approximate surface area is 718 Å². The Morgan fingerprint density at radius 3 is 0.617 bits per heavy atom. The van der Waals surface area contributed by atoms with Crippen molar-refractivity contribution in [2.75, 3.05) is 246 Å². The summed E-state index contributed by atoms with van der Waals surface area (Å²) in [5.41, 5.74) is 1.76. The molecular weight excluding hydrogens is 1620 g/mol. The number of carboxylic acid groups (broad SMARTS) is 2. The summed E-state index contributed by atoms with van der Waals surface area (Å²) >= 11 is -3.27. The van der Waals surface area contributed by atoms with Crippen LogP contribution in [0.15, 0.2) is 72.8 Å². The summed E-state index contributed by atoms with van der Waals surface area (Å²) in [6, 6.07) is 12.8. The number of carbonyl (C=O) groups is 6. The SMILES string of the molecule is O=C(O)CCCCCCC/C=C\CCCCCCCCC(=O)OCCOCCOCCOCCOCCOCCOCCOCCOCCOC(=O)c1ccc([NH][Ge](=[O])[NH]c2ccc(C(=O)OCCOCCOCCOCCOCCOCCOCCOCCOCCOC(=O)CCCCCCCC/C=C\CCCCCCCC(=O)O)cc2)cc1. The second kappa shape index (κ2) is 87.9. The molecule has 2 rings (SSSR count). The Balaban J connectivity index is 1.24. The van der Waals surface area contributed by atoms with Crippen molar-refractivity contribution >= 4 is 61.9 Å². The molecule has 0 aliphatic rings. The average molecular weight is 1770 g/mol. The Kier molecular flexibility index (Phi) is 80.7. The summed E-state index contributed by atoms with van der Waals surface area (Å²) in [4.78, 5) is 70.2. The zero-order valence-corrected chi connectivity index (χ0v) is 74.1. The minimum absolute atomic E-state index is 0.0577. The van der Waals surface area contributed by atoms with Gasteiger partial charge in [0.1, 0.15) is 13.2 Å². The third-order valence-corrected chi connectivity index (χ3v) is 19.9. The van der Waals surface area contributed by atoms with E-state index in [1.807, 2.05) is 0 Å². The number of benzene rings is 2. The first kappa shape index (κ1) is 110. The van der Waals surface area contributed by atoms with Gasteiger partial charge >= 0.3 is 215 Å². The van der Waals surface area contributed by atoms with Crippen molar-refractivity contribution in [3.05, 3.63) is 84.0 Å². The van der Waals surface area contributed by atoms with Gasteiger partial charge in [0.05, 0.1) is 172 Å². The molecule has 0 radical (unpaired) electrons. The van der Waals surface area contributed by atoms with Crippen molar-refractivity contribution in [2.45, 2.75) is 193 Å². The number of carboxylic acids is 2. The molecule has 4 N–H and O–H groups in total. The number of unbranched alkanes of at least 4 members (excludes halogenated alkanes) is 22. The molecule has 0 atom stereocenters. The zero-order chi connectivity index (χ0) is 86.1. The van der Waals surface area contributed by atoms with Crippen molar-refractivity contribution in [2.24, 2.45) is 0 Å². The molecule has 0 bridgehead atoms. The molecule has 0 saturated heterocycles. The molecular formula is C88H148GeN2O29. The van der Waals surface area contributed by atoms with Crippen LogP contribution in [0.3, 0.4) is 0 Å². The van der Waals surface area contributed by atoms with Crippen LogP contribution in [0.5, 0.6) is 0 Å². The summed E-state index contributed by atoms with van der Waals surface area (Å²) in [5.74, 6) is -2.81. The van der Waals surface area contributed by atoms with Gasteiger partial charge in [-0.25, -0.2) is 0 Å². The van der Waals surface area contributed by atoms with Gasteiger partial charge in [-0.2, -0.15) is 0 Å². The van der Waals surface area contributed by atoms with Crippen LogP contribution in [0.2, 0.25) is 0 Å². The summed E-state index contributed by atoms with van der Waals surface area (Å²) in [7, 11) is 0. The van der Waals surface area contributed by atoms with Crippen LogP contribution in [0.4, 0.5) is 11.4 Å². The fourth-order valence-electron chi connectivity index (χ4n) is 11.2. The first-order valence-corrected chi connectivity index (χ1v) is 46.9. The van der Waals surface area contributed by atoms with E-state index in [-0.39, 0.29) is 64.4 Å². The number of allylic oxidation sites excluding steroid dienone is 4. The molecule has 0 heterocycles. The van der Waals surface area contributed by atoms with E-state index < -0.39 is 38.6 Å². The molecule has 0 amide bonds. The molecule has 31 nitrogen and oxygen atoms in total. The number of anilines is 2. The Morgan fingerprint density at radius 1 is 0.233 bits per heavy atom. The molecule has 120 heavy (non-hydrogen) atoms. The van der Waals surface area contributed by atoms with Gasteiger partial charge in [0.15, 0.2) is 0 Å². The van der Waals surface area contributed by atoms with Crippen molar-refractivity contribution in [3.63, 3.8) is 0 Å². The quantitative estimate of drug-likeness (QED) is 0.0157. The van der Waals surface area contributed by atoms with Gasteiger partial charge in [0, 0.05) is 25.7 Å². The molecule has 0 aliphatic carbocycles. The van der Waals surface area contributed by atoms with Gasteiger partial charge in [-0.05, 0) is 77.0 Å².